The summed E-state index contributed by atoms with van der Waals surface area (Å²) in [5.74, 6) is -0.463. The van der Waals surface area contributed by atoms with Crippen LogP contribution in [-0.2, 0) is 14.8 Å². The van der Waals surface area contributed by atoms with Crippen molar-refractivity contribution in [3.8, 4) is 0 Å². The summed E-state index contributed by atoms with van der Waals surface area (Å²) in [6.45, 7) is 3.74. The summed E-state index contributed by atoms with van der Waals surface area (Å²) in [5, 5.41) is 5.37. The van der Waals surface area contributed by atoms with Crippen molar-refractivity contribution in [2.45, 2.75) is 28.9 Å². The summed E-state index contributed by atoms with van der Waals surface area (Å²) in [4.78, 5) is 25.5. The van der Waals surface area contributed by atoms with Gasteiger partial charge in [0.05, 0.1) is 15.8 Å². The normalized spacial score (nSPS) is 15.4. The van der Waals surface area contributed by atoms with Crippen LogP contribution in [0, 0.1) is 6.92 Å². The molecule has 9 heteroatoms. The summed E-state index contributed by atoms with van der Waals surface area (Å²) in [6.07, 6.45) is 0. The van der Waals surface area contributed by atoms with Crippen molar-refractivity contribution in [1.29, 1.82) is 0 Å². The van der Waals surface area contributed by atoms with Crippen LogP contribution < -0.4 is 15.4 Å². The lowest BCUT2D eigenvalue weighted by Crippen LogP contribution is -2.26. The number of benzene rings is 3. The van der Waals surface area contributed by atoms with E-state index in [4.69, 9.17) is 0 Å². The molecule has 3 N–H and O–H groups in total. The number of carbonyl (C=O) groups excluding carboxylic acids is 2. The van der Waals surface area contributed by atoms with Gasteiger partial charge >= 0.3 is 0 Å². The zero-order valence-corrected chi connectivity index (χ0v) is 19.0. The molecular weight excluding hydrogens is 446 g/mol. The number of aryl methyl sites for hydroxylation is 1. The van der Waals surface area contributed by atoms with Crippen molar-refractivity contribution in [3.63, 3.8) is 0 Å². The lowest BCUT2D eigenvalue weighted by molar-refractivity contribution is -0.115. The summed E-state index contributed by atoms with van der Waals surface area (Å²) in [5.41, 5.74) is 2.95. The maximum Gasteiger partial charge on any atom is 0.261 e. The fourth-order valence-electron chi connectivity index (χ4n) is 3.11. The van der Waals surface area contributed by atoms with Crippen molar-refractivity contribution in [3.05, 3.63) is 77.9 Å². The van der Waals surface area contributed by atoms with Crippen LogP contribution in [-0.4, -0.2) is 25.5 Å². The lowest BCUT2D eigenvalue weighted by atomic mass is 10.1. The highest BCUT2D eigenvalue weighted by Crippen LogP contribution is 2.36. The minimum Gasteiger partial charge on any atom is -0.324 e. The number of rotatable bonds is 5. The number of nitrogens with one attached hydrogen (secondary N) is 3. The first kappa shape index (κ1) is 21.9. The van der Waals surface area contributed by atoms with Gasteiger partial charge < -0.3 is 10.6 Å². The van der Waals surface area contributed by atoms with Gasteiger partial charge in [0, 0.05) is 21.8 Å². The molecule has 0 bridgehead atoms. The largest absolute Gasteiger partial charge is 0.324 e. The van der Waals surface area contributed by atoms with Crippen LogP contribution in [0.5, 0.6) is 0 Å². The molecule has 2 amide bonds. The molecule has 4 rings (SSSR count). The molecule has 0 fully saturated rings. The Morgan fingerprint density at radius 3 is 2.31 bits per heavy atom. The Kier molecular flexibility index (Phi) is 5.94. The molecule has 0 radical (unpaired) electrons. The summed E-state index contributed by atoms with van der Waals surface area (Å²) >= 11 is 1.44. The molecule has 1 aliphatic heterocycles. The molecule has 0 spiro atoms. The summed E-state index contributed by atoms with van der Waals surface area (Å²) < 4.78 is 27.7. The Hall–Kier alpha value is -3.30. The molecule has 3 aromatic rings. The molecule has 1 heterocycles. The van der Waals surface area contributed by atoms with Crippen molar-refractivity contribution >= 4 is 50.7 Å². The smallest absolute Gasteiger partial charge is 0.261 e. The summed E-state index contributed by atoms with van der Waals surface area (Å²) in [7, 11) is -3.75. The first-order valence-electron chi connectivity index (χ1n) is 9.84. The van der Waals surface area contributed by atoms with Gasteiger partial charge in [0.1, 0.15) is 0 Å². The topological polar surface area (TPSA) is 104 Å². The summed E-state index contributed by atoms with van der Waals surface area (Å²) in [6, 6.07) is 18.1. The Morgan fingerprint density at radius 2 is 1.62 bits per heavy atom. The highest BCUT2D eigenvalue weighted by atomic mass is 32.2. The molecule has 1 aliphatic rings. The van der Waals surface area contributed by atoms with Crippen LogP contribution >= 0.6 is 11.8 Å². The molecule has 7 nitrogen and oxygen atoms in total. The van der Waals surface area contributed by atoms with Gasteiger partial charge in [-0.25, -0.2) is 8.42 Å². The van der Waals surface area contributed by atoms with Gasteiger partial charge in [0.2, 0.25) is 5.91 Å². The number of thioether (sulfide) groups is 1. The van der Waals surface area contributed by atoms with E-state index in [1.54, 1.807) is 30.3 Å². The predicted octanol–water partition coefficient (Wildman–Crippen LogP) is 4.48. The van der Waals surface area contributed by atoms with Crippen molar-refractivity contribution in [2.75, 3.05) is 15.4 Å². The monoisotopic (exact) mass is 467 g/mol. The van der Waals surface area contributed by atoms with Gasteiger partial charge in [-0.15, -0.1) is 11.8 Å². The van der Waals surface area contributed by atoms with E-state index in [0.29, 0.717) is 22.6 Å². The SMILES string of the molecule is Cc1ccc(NS(=O)(=O)c2ccc(NC(=O)c3ccc4c(c3)NC(=O)C(C)S4)cc2)cc1. The highest BCUT2D eigenvalue weighted by molar-refractivity contribution is 8.01. The third kappa shape index (κ3) is 4.79. The van der Waals surface area contributed by atoms with Crippen LogP contribution in [0.2, 0.25) is 0 Å². The number of anilines is 3. The Balaban J connectivity index is 1.45. The van der Waals surface area contributed by atoms with Crippen LogP contribution in [0.15, 0.2) is 76.5 Å². The number of carbonyl (C=O) groups is 2. The maximum atomic E-state index is 12.6. The number of hydrogen-bond acceptors (Lipinski definition) is 5. The van der Waals surface area contributed by atoms with Gasteiger partial charge in [-0.3, -0.25) is 14.3 Å². The van der Waals surface area contributed by atoms with E-state index < -0.39 is 10.0 Å². The Morgan fingerprint density at radius 1 is 0.969 bits per heavy atom. The van der Waals surface area contributed by atoms with Crippen LogP contribution in [0.4, 0.5) is 17.1 Å². The third-order valence-electron chi connectivity index (χ3n) is 4.90. The molecule has 1 atom stereocenters. The fraction of sp³-hybridized carbons (Fsp3) is 0.130. The van der Waals surface area contributed by atoms with Gasteiger partial charge in [0.25, 0.3) is 15.9 Å². The average molecular weight is 468 g/mol. The maximum absolute atomic E-state index is 12.6. The molecule has 0 aliphatic carbocycles. The van der Waals surface area contributed by atoms with Crippen LogP contribution in [0.3, 0.4) is 0 Å². The minimum atomic E-state index is -3.75. The second-order valence-corrected chi connectivity index (χ2v) is 10.5. The van der Waals surface area contributed by atoms with Gasteiger partial charge in [0.15, 0.2) is 0 Å². The Labute approximate surface area is 190 Å². The zero-order chi connectivity index (χ0) is 22.9. The van der Waals surface area contributed by atoms with E-state index in [2.05, 4.69) is 15.4 Å². The van der Waals surface area contributed by atoms with Crippen LogP contribution in [0.25, 0.3) is 0 Å². The van der Waals surface area contributed by atoms with E-state index in [9.17, 15) is 18.0 Å². The number of amides is 2. The molecule has 0 aromatic heterocycles. The second kappa shape index (κ2) is 8.68. The molecule has 0 saturated carbocycles. The lowest BCUT2D eigenvalue weighted by Gasteiger charge is -2.21. The van der Waals surface area contributed by atoms with Gasteiger partial charge in [-0.2, -0.15) is 0 Å². The molecule has 164 valence electrons. The standard InChI is InChI=1S/C23H21N3O4S2/c1-14-3-6-18(7-4-14)26-32(29,30)19-10-8-17(9-11-19)24-23(28)16-5-12-21-20(13-16)25-22(27)15(2)31-21/h3-13,15,26H,1-2H3,(H,24,28)(H,25,27). The molecule has 0 saturated heterocycles. The average Bonchev–Trinajstić information content (AvgIpc) is 2.76. The second-order valence-electron chi connectivity index (χ2n) is 7.41. The molecule has 1 unspecified atom stereocenters. The molecular formula is C23H21N3O4S2. The number of sulfonamides is 1. The highest BCUT2D eigenvalue weighted by Gasteiger charge is 2.24. The van der Waals surface area contributed by atoms with E-state index in [0.717, 1.165) is 10.5 Å². The van der Waals surface area contributed by atoms with Crippen molar-refractivity contribution < 1.29 is 18.0 Å². The Bertz CT molecular complexity index is 1290. The van der Waals surface area contributed by atoms with Crippen molar-refractivity contribution in [2.24, 2.45) is 0 Å². The van der Waals surface area contributed by atoms with Crippen LogP contribution in [0.1, 0.15) is 22.8 Å². The first-order chi connectivity index (χ1) is 15.2. The zero-order valence-electron chi connectivity index (χ0n) is 17.4. The molecule has 3 aromatic carbocycles. The van der Waals surface area contributed by atoms with Gasteiger partial charge in [-0.05, 0) is 68.4 Å². The predicted molar refractivity (Wildman–Crippen MR) is 127 cm³/mol. The van der Waals surface area contributed by atoms with E-state index in [1.807, 2.05) is 26.0 Å². The number of fused-ring (bicyclic) bond motifs is 1. The minimum absolute atomic E-state index is 0.0821. The molecule has 32 heavy (non-hydrogen) atoms. The van der Waals surface area contributed by atoms with E-state index in [1.165, 1.54) is 36.0 Å². The van der Waals surface area contributed by atoms with Crippen molar-refractivity contribution in [1.82, 2.24) is 0 Å². The quantitative estimate of drug-likeness (QED) is 0.513. The fourth-order valence-corrected chi connectivity index (χ4v) is 5.10. The van der Waals surface area contributed by atoms with E-state index >= 15 is 0 Å². The first-order valence-corrected chi connectivity index (χ1v) is 12.2. The number of hydrogen-bond donors (Lipinski definition) is 3. The van der Waals surface area contributed by atoms with Gasteiger partial charge in [-0.1, -0.05) is 17.7 Å². The third-order valence-corrected chi connectivity index (χ3v) is 7.47. The van der Waals surface area contributed by atoms with E-state index in [-0.39, 0.29) is 22.0 Å².